The first-order valence-electron chi connectivity index (χ1n) is 7.31. The fraction of sp³-hybridized carbons (Fsp3) is 0.235. The second-order valence-corrected chi connectivity index (χ2v) is 6.10. The Morgan fingerprint density at radius 2 is 1.77 bits per heavy atom. The number of hydrogen-bond acceptors (Lipinski definition) is 4. The molecule has 112 valence electrons. The highest BCUT2D eigenvalue weighted by molar-refractivity contribution is 7.99. The van der Waals surface area contributed by atoms with Crippen molar-refractivity contribution in [2.75, 3.05) is 5.75 Å². The summed E-state index contributed by atoms with van der Waals surface area (Å²) < 4.78 is 2.04. The zero-order valence-corrected chi connectivity index (χ0v) is 13.3. The Labute approximate surface area is 134 Å². The summed E-state index contributed by atoms with van der Waals surface area (Å²) in [5, 5.41) is 9.54. The molecule has 0 aliphatic carbocycles. The Morgan fingerprint density at radius 1 is 1.00 bits per heavy atom. The minimum absolute atomic E-state index is 0.882. The largest absolute Gasteiger partial charge is 0.305 e. The van der Waals surface area contributed by atoms with Crippen LogP contribution >= 0.6 is 11.8 Å². The van der Waals surface area contributed by atoms with Crippen LogP contribution in [0, 0.1) is 0 Å². The molecule has 0 unspecified atom stereocenters. The van der Waals surface area contributed by atoms with E-state index in [-0.39, 0.29) is 0 Å². The summed E-state index contributed by atoms with van der Waals surface area (Å²) in [5.74, 6) is 1.92. The maximum absolute atomic E-state index is 4.29. The monoisotopic (exact) mass is 310 g/mol. The minimum Gasteiger partial charge on any atom is -0.305 e. The Kier molecular flexibility index (Phi) is 4.85. The van der Waals surface area contributed by atoms with E-state index in [9.17, 15) is 0 Å². The van der Waals surface area contributed by atoms with E-state index in [1.165, 1.54) is 5.56 Å². The van der Waals surface area contributed by atoms with Gasteiger partial charge in [-0.05, 0) is 30.5 Å². The molecule has 5 heteroatoms. The summed E-state index contributed by atoms with van der Waals surface area (Å²) >= 11 is 1.76. The Bertz CT molecular complexity index is 710. The van der Waals surface area contributed by atoms with Gasteiger partial charge in [-0.1, -0.05) is 42.1 Å². The van der Waals surface area contributed by atoms with Gasteiger partial charge in [0.1, 0.15) is 0 Å². The van der Waals surface area contributed by atoms with Crippen molar-refractivity contribution in [2.24, 2.45) is 7.05 Å². The van der Waals surface area contributed by atoms with Gasteiger partial charge in [0, 0.05) is 30.8 Å². The molecule has 2 aromatic heterocycles. The predicted molar refractivity (Wildman–Crippen MR) is 89.7 cm³/mol. The van der Waals surface area contributed by atoms with Crippen molar-refractivity contribution in [3.05, 3.63) is 60.4 Å². The van der Waals surface area contributed by atoms with E-state index in [1.54, 1.807) is 24.2 Å². The number of pyridine rings is 1. The number of aryl methyl sites for hydroxylation is 1. The van der Waals surface area contributed by atoms with Gasteiger partial charge in [0.25, 0.3) is 0 Å². The van der Waals surface area contributed by atoms with E-state index in [0.717, 1.165) is 35.1 Å². The highest BCUT2D eigenvalue weighted by Gasteiger charge is 2.10. The number of hydrogen-bond donors (Lipinski definition) is 0. The van der Waals surface area contributed by atoms with Crippen LogP contribution in [0.2, 0.25) is 0 Å². The van der Waals surface area contributed by atoms with Gasteiger partial charge < -0.3 is 4.57 Å². The van der Waals surface area contributed by atoms with Crippen molar-refractivity contribution in [2.45, 2.75) is 18.0 Å². The number of nitrogens with zero attached hydrogens (tertiary/aromatic N) is 4. The highest BCUT2D eigenvalue weighted by Crippen LogP contribution is 2.22. The van der Waals surface area contributed by atoms with Gasteiger partial charge >= 0.3 is 0 Å². The molecule has 3 aromatic rings. The van der Waals surface area contributed by atoms with Gasteiger partial charge in [-0.25, -0.2) is 0 Å². The lowest BCUT2D eigenvalue weighted by atomic mass is 10.1. The van der Waals surface area contributed by atoms with Gasteiger partial charge in [0.05, 0.1) is 0 Å². The Hall–Kier alpha value is -2.14. The molecule has 0 radical (unpaired) electrons. The van der Waals surface area contributed by atoms with Crippen LogP contribution in [-0.4, -0.2) is 25.5 Å². The summed E-state index contributed by atoms with van der Waals surface area (Å²) in [6, 6.07) is 14.5. The molecule has 3 rings (SSSR count). The third-order valence-electron chi connectivity index (χ3n) is 3.46. The summed E-state index contributed by atoms with van der Waals surface area (Å²) in [6.45, 7) is 0. The summed E-state index contributed by atoms with van der Waals surface area (Å²) in [7, 11) is 2.01. The van der Waals surface area contributed by atoms with E-state index in [0.29, 0.717) is 0 Å². The van der Waals surface area contributed by atoms with Crippen LogP contribution in [0.3, 0.4) is 0 Å². The van der Waals surface area contributed by atoms with E-state index >= 15 is 0 Å². The average molecular weight is 310 g/mol. The molecule has 0 aliphatic heterocycles. The Balaban J connectivity index is 1.57. The molecule has 2 heterocycles. The lowest BCUT2D eigenvalue weighted by molar-refractivity contribution is 0.791. The van der Waals surface area contributed by atoms with Crippen LogP contribution in [0.15, 0.2) is 60.0 Å². The molecule has 0 saturated heterocycles. The number of benzene rings is 1. The normalized spacial score (nSPS) is 10.8. The van der Waals surface area contributed by atoms with Crippen molar-refractivity contribution in [1.82, 2.24) is 19.7 Å². The molecule has 22 heavy (non-hydrogen) atoms. The quantitative estimate of drug-likeness (QED) is 0.515. The molecular formula is C17H18N4S. The fourth-order valence-corrected chi connectivity index (χ4v) is 3.13. The first-order valence-corrected chi connectivity index (χ1v) is 8.29. The summed E-state index contributed by atoms with van der Waals surface area (Å²) in [4.78, 5) is 4.03. The lowest BCUT2D eigenvalue weighted by Gasteiger charge is -2.04. The molecule has 0 bridgehead atoms. The average Bonchev–Trinajstić information content (AvgIpc) is 2.94. The molecule has 0 amide bonds. The molecular weight excluding hydrogens is 292 g/mol. The third kappa shape index (κ3) is 3.54. The summed E-state index contributed by atoms with van der Waals surface area (Å²) in [5.41, 5.74) is 2.43. The number of thioether (sulfide) groups is 1. The van der Waals surface area contributed by atoms with Gasteiger partial charge in [-0.2, -0.15) is 0 Å². The standard InChI is InChI=1S/C17H18N4S/c1-21-16(15-9-11-18-12-10-15)19-20-17(21)22-13-5-8-14-6-3-2-4-7-14/h2-4,6-7,9-12H,5,8,13H2,1H3. The van der Waals surface area contributed by atoms with Gasteiger partial charge in [0.2, 0.25) is 0 Å². The molecule has 0 atom stereocenters. The predicted octanol–water partition coefficient (Wildman–Crippen LogP) is 3.60. The van der Waals surface area contributed by atoms with Crippen molar-refractivity contribution < 1.29 is 0 Å². The second-order valence-electron chi connectivity index (χ2n) is 5.04. The topological polar surface area (TPSA) is 43.6 Å². The van der Waals surface area contributed by atoms with Gasteiger partial charge in [-0.15, -0.1) is 10.2 Å². The van der Waals surface area contributed by atoms with Crippen molar-refractivity contribution in [3.8, 4) is 11.4 Å². The maximum atomic E-state index is 4.29. The van der Waals surface area contributed by atoms with E-state index in [4.69, 9.17) is 0 Å². The molecule has 4 nitrogen and oxygen atoms in total. The minimum atomic E-state index is 0.882. The molecule has 0 fully saturated rings. The van der Waals surface area contributed by atoms with Crippen LogP contribution in [0.25, 0.3) is 11.4 Å². The number of aromatic nitrogens is 4. The zero-order valence-electron chi connectivity index (χ0n) is 12.5. The van der Waals surface area contributed by atoms with Crippen molar-refractivity contribution >= 4 is 11.8 Å². The van der Waals surface area contributed by atoms with E-state index < -0.39 is 0 Å². The number of rotatable bonds is 6. The molecule has 0 saturated carbocycles. The smallest absolute Gasteiger partial charge is 0.191 e. The van der Waals surface area contributed by atoms with Crippen LogP contribution in [0.1, 0.15) is 12.0 Å². The first-order chi connectivity index (χ1) is 10.8. The van der Waals surface area contributed by atoms with Gasteiger partial charge in [-0.3, -0.25) is 4.98 Å². The molecule has 0 aliphatic rings. The maximum Gasteiger partial charge on any atom is 0.191 e. The molecule has 1 aromatic carbocycles. The van der Waals surface area contributed by atoms with Crippen LogP contribution < -0.4 is 0 Å². The zero-order chi connectivity index (χ0) is 15.2. The van der Waals surface area contributed by atoms with Crippen molar-refractivity contribution in [1.29, 1.82) is 0 Å². The van der Waals surface area contributed by atoms with Crippen LogP contribution in [0.5, 0.6) is 0 Å². The van der Waals surface area contributed by atoms with E-state index in [2.05, 4.69) is 45.5 Å². The van der Waals surface area contributed by atoms with Crippen molar-refractivity contribution in [3.63, 3.8) is 0 Å². The fourth-order valence-electron chi connectivity index (χ4n) is 2.28. The molecule has 0 spiro atoms. The lowest BCUT2D eigenvalue weighted by Crippen LogP contribution is -1.96. The van der Waals surface area contributed by atoms with Crippen LogP contribution in [0.4, 0.5) is 0 Å². The van der Waals surface area contributed by atoms with Crippen LogP contribution in [-0.2, 0) is 13.5 Å². The summed E-state index contributed by atoms with van der Waals surface area (Å²) in [6.07, 6.45) is 5.78. The first kappa shape index (κ1) is 14.8. The van der Waals surface area contributed by atoms with E-state index in [1.807, 2.05) is 23.7 Å². The second kappa shape index (κ2) is 7.22. The third-order valence-corrected chi connectivity index (χ3v) is 4.56. The van der Waals surface area contributed by atoms with Gasteiger partial charge in [0.15, 0.2) is 11.0 Å². The highest BCUT2D eigenvalue weighted by atomic mass is 32.2. The Morgan fingerprint density at radius 3 is 2.55 bits per heavy atom. The molecule has 0 N–H and O–H groups in total. The SMILES string of the molecule is Cn1c(SCCCc2ccccc2)nnc1-c1ccncc1.